The molecule has 0 radical (unpaired) electrons. The zero-order chi connectivity index (χ0) is 14.5. The molecule has 0 aromatic heterocycles. The Balaban J connectivity index is 2.50. The summed E-state index contributed by atoms with van der Waals surface area (Å²) < 4.78 is 10.2. The van der Waals surface area contributed by atoms with Crippen LogP contribution in [0.5, 0.6) is 5.75 Å². The summed E-state index contributed by atoms with van der Waals surface area (Å²) in [6.45, 7) is 2.00. The first-order valence-corrected chi connectivity index (χ1v) is 6.69. The van der Waals surface area contributed by atoms with Crippen molar-refractivity contribution in [2.24, 2.45) is 0 Å². The Morgan fingerprint density at radius 2 is 2.20 bits per heavy atom. The van der Waals surface area contributed by atoms with Gasteiger partial charge in [-0.15, -0.1) is 0 Å². The number of aryl methyl sites for hydroxylation is 1. The van der Waals surface area contributed by atoms with Crippen LogP contribution in [0.4, 0.5) is 0 Å². The molecule has 0 N–H and O–H groups in total. The van der Waals surface area contributed by atoms with Crippen LogP contribution >= 0.6 is 0 Å². The van der Waals surface area contributed by atoms with Gasteiger partial charge in [-0.25, -0.2) is 4.79 Å². The van der Waals surface area contributed by atoms with E-state index in [4.69, 9.17) is 9.47 Å². The molecular weight excluding hydrogens is 254 g/mol. The van der Waals surface area contributed by atoms with Gasteiger partial charge in [0.05, 0.1) is 13.7 Å². The maximum Gasteiger partial charge on any atom is 0.349 e. The van der Waals surface area contributed by atoms with Crippen molar-refractivity contribution >= 4 is 11.5 Å². The van der Waals surface area contributed by atoms with Gasteiger partial charge < -0.3 is 9.47 Å². The highest BCUT2D eigenvalue weighted by molar-refractivity contribution is 6.02. The number of carbonyl (C=O) groups is 1. The third kappa shape index (κ3) is 2.67. The Morgan fingerprint density at radius 3 is 2.85 bits per heavy atom. The third-order valence-electron chi connectivity index (χ3n) is 3.40. The molecule has 1 aromatic carbocycles. The third-order valence-corrected chi connectivity index (χ3v) is 3.40. The van der Waals surface area contributed by atoms with Crippen molar-refractivity contribution in [1.82, 2.24) is 0 Å². The summed E-state index contributed by atoms with van der Waals surface area (Å²) in [5.41, 5.74) is 2.98. The molecule has 1 aliphatic rings. The number of esters is 1. The average Bonchev–Trinajstić information content (AvgIpc) is 2.48. The van der Waals surface area contributed by atoms with Crippen LogP contribution < -0.4 is 4.74 Å². The van der Waals surface area contributed by atoms with E-state index in [2.05, 4.69) is 0 Å². The standard InChI is InChI=1S/C16H17NO3/c1-3-20-16(18)15(10-17)14-6-4-5-11-9-12(19-2)7-8-13(11)14/h7-9H,3-6H2,1-2H3. The number of carbonyl (C=O) groups excluding carboxylic acids is 1. The van der Waals surface area contributed by atoms with Crippen molar-refractivity contribution in [3.63, 3.8) is 0 Å². The summed E-state index contributed by atoms with van der Waals surface area (Å²) in [5.74, 6) is 0.258. The summed E-state index contributed by atoms with van der Waals surface area (Å²) in [4.78, 5) is 11.9. The zero-order valence-corrected chi connectivity index (χ0v) is 11.7. The number of nitriles is 1. The summed E-state index contributed by atoms with van der Waals surface area (Å²) in [7, 11) is 1.63. The van der Waals surface area contributed by atoms with Gasteiger partial charge in [0.25, 0.3) is 0 Å². The lowest BCUT2D eigenvalue weighted by molar-refractivity contribution is -0.137. The van der Waals surface area contributed by atoms with Crippen LogP contribution in [0.3, 0.4) is 0 Å². The fourth-order valence-electron chi connectivity index (χ4n) is 2.49. The molecule has 104 valence electrons. The number of hydrogen-bond donors (Lipinski definition) is 0. The highest BCUT2D eigenvalue weighted by atomic mass is 16.5. The molecule has 0 heterocycles. The maximum absolute atomic E-state index is 11.9. The lowest BCUT2D eigenvalue weighted by atomic mass is 9.85. The maximum atomic E-state index is 11.9. The van der Waals surface area contributed by atoms with Crippen molar-refractivity contribution in [2.45, 2.75) is 26.2 Å². The predicted octanol–water partition coefficient (Wildman–Crippen LogP) is 2.87. The van der Waals surface area contributed by atoms with Gasteiger partial charge in [-0.05, 0) is 55.0 Å². The van der Waals surface area contributed by atoms with Gasteiger partial charge in [0.1, 0.15) is 17.4 Å². The van der Waals surface area contributed by atoms with E-state index in [0.29, 0.717) is 0 Å². The summed E-state index contributed by atoms with van der Waals surface area (Å²) in [6.07, 6.45) is 2.57. The predicted molar refractivity (Wildman–Crippen MR) is 75.1 cm³/mol. The number of rotatable bonds is 3. The molecule has 0 saturated heterocycles. The number of allylic oxidation sites excluding steroid dienone is 1. The fraction of sp³-hybridized carbons (Fsp3) is 0.375. The van der Waals surface area contributed by atoms with Crippen LogP contribution in [-0.4, -0.2) is 19.7 Å². The lowest BCUT2D eigenvalue weighted by Gasteiger charge is -2.20. The van der Waals surface area contributed by atoms with Crippen molar-refractivity contribution < 1.29 is 14.3 Å². The monoisotopic (exact) mass is 271 g/mol. The Kier molecular flexibility index (Phi) is 4.41. The van der Waals surface area contributed by atoms with E-state index >= 15 is 0 Å². The Morgan fingerprint density at radius 1 is 1.40 bits per heavy atom. The molecule has 0 unspecified atom stereocenters. The van der Waals surface area contributed by atoms with Gasteiger partial charge in [-0.1, -0.05) is 6.07 Å². The minimum Gasteiger partial charge on any atom is -0.497 e. The molecule has 20 heavy (non-hydrogen) atoms. The number of fused-ring (bicyclic) bond motifs is 1. The minimum atomic E-state index is -0.534. The van der Waals surface area contributed by atoms with Crippen LogP contribution in [0, 0.1) is 11.3 Å². The van der Waals surface area contributed by atoms with Gasteiger partial charge in [0.2, 0.25) is 0 Å². The van der Waals surface area contributed by atoms with E-state index in [1.165, 1.54) is 0 Å². The molecule has 0 saturated carbocycles. The lowest BCUT2D eigenvalue weighted by Crippen LogP contribution is -2.12. The fourth-order valence-corrected chi connectivity index (χ4v) is 2.49. The van der Waals surface area contributed by atoms with Gasteiger partial charge in [0.15, 0.2) is 0 Å². The molecule has 0 aliphatic heterocycles. The molecule has 1 aromatic rings. The van der Waals surface area contributed by atoms with E-state index in [1.807, 2.05) is 24.3 Å². The normalized spacial score (nSPS) is 15.8. The topological polar surface area (TPSA) is 59.3 Å². The number of benzene rings is 1. The zero-order valence-electron chi connectivity index (χ0n) is 11.7. The van der Waals surface area contributed by atoms with Gasteiger partial charge in [-0.2, -0.15) is 5.26 Å². The first-order chi connectivity index (χ1) is 9.71. The second kappa shape index (κ2) is 6.25. The summed E-state index contributed by atoms with van der Waals surface area (Å²) in [6, 6.07) is 7.73. The number of ether oxygens (including phenoxy) is 2. The molecule has 2 rings (SSSR count). The summed E-state index contributed by atoms with van der Waals surface area (Å²) in [5, 5.41) is 9.27. The van der Waals surface area contributed by atoms with Crippen LogP contribution in [0.25, 0.3) is 5.57 Å². The van der Waals surface area contributed by atoms with Crippen LogP contribution in [0.15, 0.2) is 23.8 Å². The first kappa shape index (κ1) is 14.1. The molecule has 0 fully saturated rings. The van der Waals surface area contributed by atoms with Crippen molar-refractivity contribution in [3.05, 3.63) is 34.9 Å². The van der Waals surface area contributed by atoms with Gasteiger partial charge >= 0.3 is 5.97 Å². The number of hydrogen-bond acceptors (Lipinski definition) is 4. The average molecular weight is 271 g/mol. The molecule has 0 bridgehead atoms. The van der Waals surface area contributed by atoms with Crippen LogP contribution in [0.1, 0.15) is 30.9 Å². The Hall–Kier alpha value is -2.28. The van der Waals surface area contributed by atoms with E-state index in [1.54, 1.807) is 14.0 Å². The van der Waals surface area contributed by atoms with E-state index in [9.17, 15) is 10.1 Å². The minimum absolute atomic E-state index is 0.123. The second-order valence-corrected chi connectivity index (χ2v) is 4.56. The first-order valence-electron chi connectivity index (χ1n) is 6.69. The molecule has 4 heteroatoms. The highest BCUT2D eigenvalue weighted by Gasteiger charge is 2.23. The quantitative estimate of drug-likeness (QED) is 0.482. The number of methoxy groups -OCH3 is 1. The molecule has 0 spiro atoms. The Bertz CT molecular complexity index is 596. The number of nitrogens with zero attached hydrogens (tertiary/aromatic N) is 1. The largest absolute Gasteiger partial charge is 0.497 e. The molecule has 4 nitrogen and oxygen atoms in total. The Labute approximate surface area is 118 Å². The van der Waals surface area contributed by atoms with Crippen molar-refractivity contribution in [3.8, 4) is 11.8 Å². The van der Waals surface area contributed by atoms with E-state index < -0.39 is 5.97 Å². The van der Waals surface area contributed by atoms with Crippen LogP contribution in [-0.2, 0) is 16.0 Å². The second-order valence-electron chi connectivity index (χ2n) is 4.56. The molecular formula is C16H17NO3. The highest BCUT2D eigenvalue weighted by Crippen LogP contribution is 2.35. The molecule has 1 aliphatic carbocycles. The van der Waals surface area contributed by atoms with E-state index in [-0.39, 0.29) is 12.2 Å². The van der Waals surface area contributed by atoms with Crippen LogP contribution in [0.2, 0.25) is 0 Å². The molecule has 0 amide bonds. The van der Waals surface area contributed by atoms with Gasteiger partial charge in [-0.3, -0.25) is 0 Å². The van der Waals surface area contributed by atoms with E-state index in [0.717, 1.165) is 41.7 Å². The van der Waals surface area contributed by atoms with Crippen molar-refractivity contribution in [1.29, 1.82) is 5.26 Å². The van der Waals surface area contributed by atoms with Crippen molar-refractivity contribution in [2.75, 3.05) is 13.7 Å². The SMILES string of the molecule is CCOC(=O)C(C#N)=C1CCCc2cc(OC)ccc21. The molecule has 0 atom stereocenters. The smallest absolute Gasteiger partial charge is 0.349 e. The summed E-state index contributed by atoms with van der Waals surface area (Å²) >= 11 is 0. The van der Waals surface area contributed by atoms with Gasteiger partial charge in [0, 0.05) is 0 Å².